The molecule has 4 aliphatic rings. The molecule has 1 aromatic heterocycles. The van der Waals surface area contributed by atoms with Crippen LogP contribution in [0.1, 0.15) is 36.8 Å². The highest BCUT2D eigenvalue weighted by Gasteiger charge is 2.41. The molecule has 0 bridgehead atoms. The summed E-state index contributed by atoms with van der Waals surface area (Å²) in [6.07, 6.45) is 15.2. The number of rotatable bonds is 2. The second-order valence-electron chi connectivity index (χ2n) is 13.1. The summed E-state index contributed by atoms with van der Waals surface area (Å²) in [5.41, 5.74) is 6.27. The highest BCUT2D eigenvalue weighted by atomic mass is 16.5. The van der Waals surface area contributed by atoms with Crippen LogP contribution in [0.15, 0.2) is 136 Å². The first kappa shape index (κ1) is 27.4. The standard InChI is InChI=1S/C44H30O4/c45-41-31-15-5-7-21-39(31)47-43-29(17-9-19-33(41)43)35-23-38-28-14-4-2-12-26(28)36(24-37(38)27-13-3-1-11-25(27)35)30-18-10-20-34-42(46)32-16-6-8-22-40(32)48-44(30)34/h1-5,7,10-16,18-24,34,44H,6,8-9,17H2. The Balaban J connectivity index is 1.25. The van der Waals surface area contributed by atoms with Crippen LogP contribution in [0.25, 0.3) is 60.5 Å². The van der Waals surface area contributed by atoms with Crippen molar-refractivity contribution in [2.24, 2.45) is 5.92 Å². The van der Waals surface area contributed by atoms with Crippen molar-refractivity contribution in [1.29, 1.82) is 0 Å². The van der Waals surface area contributed by atoms with Crippen LogP contribution in [0.4, 0.5) is 0 Å². The second kappa shape index (κ2) is 10.4. The fourth-order valence-corrected chi connectivity index (χ4v) is 8.31. The summed E-state index contributed by atoms with van der Waals surface area (Å²) in [5.74, 6) is 0.501. The Morgan fingerprint density at radius 2 is 1.31 bits per heavy atom. The van der Waals surface area contributed by atoms with E-state index >= 15 is 0 Å². The van der Waals surface area contributed by atoms with Crippen molar-refractivity contribution in [2.45, 2.75) is 31.8 Å². The normalized spacial score (nSPS) is 20.0. The minimum atomic E-state index is -0.390. The molecule has 1 fully saturated rings. The average molecular weight is 623 g/mol. The van der Waals surface area contributed by atoms with E-state index < -0.39 is 6.10 Å². The predicted octanol–water partition coefficient (Wildman–Crippen LogP) is 8.17. The molecule has 5 aromatic carbocycles. The van der Waals surface area contributed by atoms with Gasteiger partial charge in [-0.3, -0.25) is 9.59 Å². The molecule has 0 radical (unpaired) electrons. The highest BCUT2D eigenvalue weighted by molar-refractivity contribution is 6.22. The smallest absolute Gasteiger partial charge is 0.200 e. The van der Waals surface area contributed by atoms with E-state index in [4.69, 9.17) is 9.15 Å². The van der Waals surface area contributed by atoms with E-state index in [1.165, 1.54) is 0 Å². The number of hydrogen-bond acceptors (Lipinski definition) is 4. The zero-order valence-corrected chi connectivity index (χ0v) is 26.2. The van der Waals surface area contributed by atoms with Crippen LogP contribution in [0, 0.1) is 5.92 Å². The molecule has 10 rings (SSSR count). The molecule has 0 spiro atoms. The van der Waals surface area contributed by atoms with E-state index in [1.807, 2.05) is 48.6 Å². The third-order valence-corrected chi connectivity index (χ3v) is 10.5. The molecule has 230 valence electrons. The maximum Gasteiger partial charge on any atom is 0.200 e. The van der Waals surface area contributed by atoms with Crippen molar-refractivity contribution >= 4 is 66.3 Å². The summed E-state index contributed by atoms with van der Waals surface area (Å²) in [4.78, 5) is 27.3. The van der Waals surface area contributed by atoms with Crippen LogP contribution in [0.3, 0.4) is 0 Å². The molecule has 0 N–H and O–H groups in total. The number of ether oxygens (including phenoxy) is 1. The molecular formula is C44H30O4. The van der Waals surface area contributed by atoms with Crippen LogP contribution < -0.4 is 16.1 Å². The number of Topliss-reactive ketones (excluding diaryl/α,β-unsaturated/α-hetero) is 1. The van der Waals surface area contributed by atoms with Gasteiger partial charge in [-0.05, 0) is 99.5 Å². The zero-order chi connectivity index (χ0) is 31.9. The number of ketones is 1. The van der Waals surface area contributed by atoms with Crippen LogP contribution in [-0.2, 0) is 9.53 Å². The van der Waals surface area contributed by atoms with Crippen molar-refractivity contribution in [2.75, 3.05) is 0 Å². The van der Waals surface area contributed by atoms with Gasteiger partial charge >= 0.3 is 0 Å². The van der Waals surface area contributed by atoms with Gasteiger partial charge in [0.1, 0.15) is 22.9 Å². The predicted molar refractivity (Wildman–Crippen MR) is 193 cm³/mol. The lowest BCUT2D eigenvalue weighted by atomic mass is 9.77. The second-order valence-corrected chi connectivity index (χ2v) is 13.1. The Hall–Kier alpha value is -5.74. The molecule has 1 aliphatic heterocycles. The summed E-state index contributed by atoms with van der Waals surface area (Å²) in [5, 5.41) is 8.03. The highest BCUT2D eigenvalue weighted by Crippen LogP contribution is 2.45. The number of benzene rings is 5. The lowest BCUT2D eigenvalue weighted by molar-refractivity contribution is -0.122. The van der Waals surface area contributed by atoms with Crippen LogP contribution in [0.5, 0.6) is 0 Å². The van der Waals surface area contributed by atoms with E-state index in [0.29, 0.717) is 21.6 Å². The first-order chi connectivity index (χ1) is 23.7. The summed E-state index contributed by atoms with van der Waals surface area (Å²) >= 11 is 0. The van der Waals surface area contributed by atoms with Crippen LogP contribution >= 0.6 is 0 Å². The molecule has 2 heterocycles. The molecule has 4 nitrogen and oxygen atoms in total. The Kier molecular flexibility index (Phi) is 5.92. The van der Waals surface area contributed by atoms with E-state index in [0.717, 1.165) is 91.6 Å². The number of hydrogen-bond donors (Lipinski definition) is 0. The lowest BCUT2D eigenvalue weighted by Crippen LogP contribution is -2.41. The molecule has 48 heavy (non-hydrogen) atoms. The van der Waals surface area contributed by atoms with E-state index in [1.54, 1.807) is 0 Å². The molecule has 6 aromatic rings. The largest absolute Gasteiger partial charge is 0.484 e. The first-order valence-corrected chi connectivity index (χ1v) is 16.8. The molecule has 4 heteroatoms. The maximum absolute atomic E-state index is 13.7. The van der Waals surface area contributed by atoms with E-state index in [2.05, 4.69) is 72.8 Å². The Bertz CT molecular complexity index is 2750. The van der Waals surface area contributed by atoms with Gasteiger partial charge in [0.2, 0.25) is 0 Å². The van der Waals surface area contributed by atoms with Crippen molar-refractivity contribution in [3.8, 4) is 0 Å². The van der Waals surface area contributed by atoms with Gasteiger partial charge in [-0.15, -0.1) is 0 Å². The lowest BCUT2D eigenvalue weighted by Gasteiger charge is -2.37. The summed E-state index contributed by atoms with van der Waals surface area (Å²) in [6.45, 7) is 0. The quantitative estimate of drug-likeness (QED) is 0.183. The van der Waals surface area contributed by atoms with Gasteiger partial charge in [0, 0.05) is 11.1 Å². The molecule has 2 atom stereocenters. The summed E-state index contributed by atoms with van der Waals surface area (Å²) in [7, 11) is 0. The van der Waals surface area contributed by atoms with Crippen molar-refractivity contribution in [3.05, 3.63) is 159 Å². The molecule has 1 saturated heterocycles. The number of carbonyl (C=O) groups is 1. The van der Waals surface area contributed by atoms with Crippen molar-refractivity contribution in [1.82, 2.24) is 0 Å². The van der Waals surface area contributed by atoms with Gasteiger partial charge in [0.15, 0.2) is 11.2 Å². The van der Waals surface area contributed by atoms with Crippen LogP contribution in [0.2, 0.25) is 0 Å². The number of para-hydroxylation sites is 1. The Morgan fingerprint density at radius 3 is 2.10 bits per heavy atom. The number of allylic oxidation sites excluding steroid dienone is 5. The minimum Gasteiger partial charge on any atom is -0.484 e. The zero-order valence-electron chi connectivity index (χ0n) is 26.2. The SMILES string of the molecule is O=C1C2=CCCC=C2OC2C(c3cc4c5ccccc5c(C5=c6oc7ccccc7c(=O)c6=CCC5)cc4c4ccccc34)=CC=CC12. The van der Waals surface area contributed by atoms with Gasteiger partial charge in [0.25, 0.3) is 0 Å². The van der Waals surface area contributed by atoms with Gasteiger partial charge in [0.05, 0.1) is 22.1 Å². The monoisotopic (exact) mass is 622 g/mol. The molecule has 0 amide bonds. The van der Waals surface area contributed by atoms with Crippen molar-refractivity contribution < 1.29 is 13.9 Å². The topological polar surface area (TPSA) is 56.5 Å². The third-order valence-electron chi connectivity index (χ3n) is 10.5. The van der Waals surface area contributed by atoms with Gasteiger partial charge in [-0.2, -0.15) is 0 Å². The average Bonchev–Trinajstić information content (AvgIpc) is 3.14. The van der Waals surface area contributed by atoms with Crippen molar-refractivity contribution in [3.63, 3.8) is 0 Å². The van der Waals surface area contributed by atoms with Gasteiger partial charge in [-0.25, -0.2) is 0 Å². The Labute approximate surface area is 275 Å². The first-order valence-electron chi connectivity index (χ1n) is 16.8. The Morgan fingerprint density at radius 1 is 0.646 bits per heavy atom. The summed E-state index contributed by atoms with van der Waals surface area (Å²) in [6, 6.07) is 29.2. The fraction of sp³-hybridized carbons (Fsp3) is 0.136. The maximum atomic E-state index is 13.7. The molecule has 0 saturated carbocycles. The van der Waals surface area contributed by atoms with Gasteiger partial charge in [-0.1, -0.05) is 91.0 Å². The summed E-state index contributed by atoms with van der Waals surface area (Å²) < 4.78 is 13.2. The number of fused-ring (bicyclic) bond motifs is 9. The third kappa shape index (κ3) is 3.89. The van der Waals surface area contributed by atoms with E-state index in [9.17, 15) is 9.59 Å². The molecule has 2 unspecified atom stereocenters. The van der Waals surface area contributed by atoms with Gasteiger partial charge < -0.3 is 9.15 Å². The molecular weight excluding hydrogens is 592 g/mol. The minimum absolute atomic E-state index is 0.0207. The fourth-order valence-electron chi connectivity index (χ4n) is 8.31. The van der Waals surface area contributed by atoms with Crippen LogP contribution in [-0.4, -0.2) is 11.9 Å². The van der Waals surface area contributed by atoms with E-state index in [-0.39, 0.29) is 17.1 Å². The molecule has 3 aliphatic carbocycles. The number of carbonyl (C=O) groups excluding carboxylic acids is 1.